The van der Waals surface area contributed by atoms with Crippen LogP contribution in [0, 0.1) is 0 Å². The summed E-state index contributed by atoms with van der Waals surface area (Å²) in [6.07, 6.45) is 0. The minimum atomic E-state index is 0.802. The van der Waals surface area contributed by atoms with Gasteiger partial charge in [0.1, 0.15) is 0 Å². The summed E-state index contributed by atoms with van der Waals surface area (Å²) in [7, 11) is 0. The maximum atomic E-state index is 4.26. The molecular weight excluding hydrogens is 358 g/mol. The van der Waals surface area contributed by atoms with E-state index in [0.717, 1.165) is 34.1 Å². The Morgan fingerprint density at radius 1 is 0.345 bits per heavy atom. The molecule has 29 heavy (non-hydrogen) atoms. The van der Waals surface area contributed by atoms with Crippen LogP contribution in [-0.2, 0) is 0 Å². The Labute approximate surface area is 169 Å². The van der Waals surface area contributed by atoms with Crippen LogP contribution < -0.4 is 5.32 Å². The lowest BCUT2D eigenvalue weighted by Gasteiger charge is -2.06. The molecule has 0 heterocycles. The normalized spacial score (nSPS) is 11.2. The maximum Gasteiger partial charge on any atom is 0.0858 e. The first-order valence-corrected chi connectivity index (χ1v) is 9.26. The number of azo groups is 2. The molecule has 0 amide bonds. The van der Waals surface area contributed by atoms with Gasteiger partial charge in [-0.15, -0.1) is 0 Å². The van der Waals surface area contributed by atoms with Crippen LogP contribution >= 0.6 is 0 Å². The van der Waals surface area contributed by atoms with Crippen LogP contribution in [0.3, 0.4) is 0 Å². The largest absolute Gasteiger partial charge is 0.356 e. The van der Waals surface area contributed by atoms with E-state index in [-0.39, 0.29) is 0 Å². The number of benzene rings is 4. The molecule has 5 nitrogen and oxygen atoms in total. The topological polar surface area (TPSA) is 61.5 Å². The second-order valence-electron chi connectivity index (χ2n) is 6.29. The van der Waals surface area contributed by atoms with Gasteiger partial charge >= 0.3 is 0 Å². The molecule has 0 aliphatic heterocycles. The fourth-order valence-corrected chi connectivity index (χ4v) is 2.61. The molecule has 0 radical (unpaired) electrons. The second kappa shape index (κ2) is 9.19. The molecule has 5 heteroatoms. The Morgan fingerprint density at radius 2 is 0.655 bits per heavy atom. The van der Waals surface area contributed by atoms with E-state index in [4.69, 9.17) is 0 Å². The molecule has 1 N–H and O–H groups in total. The third kappa shape index (κ3) is 5.43. The Balaban J connectivity index is 1.36. The van der Waals surface area contributed by atoms with E-state index >= 15 is 0 Å². The number of nitrogens with one attached hydrogen (secondary N) is 1. The minimum Gasteiger partial charge on any atom is -0.356 e. The molecule has 140 valence electrons. The molecule has 0 saturated heterocycles. The Hall–Kier alpha value is -4.12. The summed E-state index contributed by atoms with van der Waals surface area (Å²) in [6, 6.07) is 35.0. The van der Waals surface area contributed by atoms with E-state index in [1.54, 1.807) is 0 Å². The van der Waals surface area contributed by atoms with Gasteiger partial charge < -0.3 is 5.32 Å². The van der Waals surface area contributed by atoms with Crippen molar-refractivity contribution >= 4 is 34.1 Å². The summed E-state index contributed by atoms with van der Waals surface area (Å²) >= 11 is 0. The number of hydrogen-bond acceptors (Lipinski definition) is 5. The zero-order valence-corrected chi connectivity index (χ0v) is 15.7. The average Bonchev–Trinajstić information content (AvgIpc) is 2.80. The molecule has 0 unspecified atom stereocenters. The van der Waals surface area contributed by atoms with E-state index in [9.17, 15) is 0 Å². The SMILES string of the molecule is c1ccc(N=Nc2ccc(Nc3ccc(N=Nc4ccccc4)cc3)cc2)cc1. The molecule has 0 fully saturated rings. The van der Waals surface area contributed by atoms with Gasteiger partial charge in [-0.05, 0) is 72.8 Å². The van der Waals surface area contributed by atoms with Crippen LogP contribution in [0.15, 0.2) is 130 Å². The summed E-state index contributed by atoms with van der Waals surface area (Å²) in [5, 5.41) is 20.3. The van der Waals surface area contributed by atoms with Crippen molar-refractivity contribution in [3.8, 4) is 0 Å². The number of hydrogen-bond donors (Lipinski definition) is 1. The first-order valence-electron chi connectivity index (χ1n) is 9.26. The fourth-order valence-electron chi connectivity index (χ4n) is 2.61. The van der Waals surface area contributed by atoms with Crippen LogP contribution in [0.4, 0.5) is 34.1 Å². The van der Waals surface area contributed by atoms with Crippen molar-refractivity contribution in [1.29, 1.82) is 0 Å². The summed E-state index contributed by atoms with van der Waals surface area (Å²) in [5.41, 5.74) is 5.22. The lowest BCUT2D eigenvalue weighted by atomic mass is 10.2. The first-order chi connectivity index (χ1) is 14.3. The quantitative estimate of drug-likeness (QED) is 0.338. The summed E-state index contributed by atoms with van der Waals surface area (Å²) < 4.78 is 0. The molecule has 0 aliphatic rings. The summed E-state index contributed by atoms with van der Waals surface area (Å²) in [6.45, 7) is 0. The smallest absolute Gasteiger partial charge is 0.0858 e. The Morgan fingerprint density at radius 3 is 1.00 bits per heavy atom. The van der Waals surface area contributed by atoms with Crippen LogP contribution in [-0.4, -0.2) is 0 Å². The zero-order chi connectivity index (χ0) is 19.7. The van der Waals surface area contributed by atoms with Crippen molar-refractivity contribution in [3.63, 3.8) is 0 Å². The molecule has 0 aromatic heterocycles. The second-order valence-corrected chi connectivity index (χ2v) is 6.29. The van der Waals surface area contributed by atoms with Crippen LogP contribution in [0.5, 0.6) is 0 Å². The zero-order valence-electron chi connectivity index (χ0n) is 15.7. The Kier molecular flexibility index (Phi) is 5.78. The highest BCUT2D eigenvalue weighted by atomic mass is 15.1. The van der Waals surface area contributed by atoms with E-state index in [2.05, 4.69) is 25.8 Å². The predicted octanol–water partition coefficient (Wildman–Crippen LogP) is 8.26. The van der Waals surface area contributed by atoms with Crippen molar-refractivity contribution in [3.05, 3.63) is 109 Å². The van der Waals surface area contributed by atoms with Gasteiger partial charge in [-0.2, -0.15) is 20.5 Å². The first kappa shape index (κ1) is 18.3. The molecule has 0 atom stereocenters. The lowest BCUT2D eigenvalue weighted by molar-refractivity contribution is 1.23. The third-order valence-electron chi connectivity index (χ3n) is 4.10. The molecule has 0 spiro atoms. The van der Waals surface area contributed by atoms with Gasteiger partial charge in [-0.3, -0.25) is 0 Å². The average molecular weight is 377 g/mol. The van der Waals surface area contributed by atoms with E-state index < -0.39 is 0 Å². The van der Waals surface area contributed by atoms with Crippen molar-refractivity contribution in [2.75, 3.05) is 5.32 Å². The fraction of sp³-hybridized carbons (Fsp3) is 0. The van der Waals surface area contributed by atoms with Gasteiger partial charge in [0, 0.05) is 11.4 Å². The van der Waals surface area contributed by atoms with Gasteiger partial charge in [-0.1, -0.05) is 36.4 Å². The minimum absolute atomic E-state index is 0.802. The number of anilines is 2. The highest BCUT2D eigenvalue weighted by Crippen LogP contribution is 2.24. The van der Waals surface area contributed by atoms with E-state index in [0.29, 0.717) is 0 Å². The highest BCUT2D eigenvalue weighted by molar-refractivity contribution is 5.63. The van der Waals surface area contributed by atoms with Crippen LogP contribution in [0.1, 0.15) is 0 Å². The molecule has 0 aliphatic carbocycles. The van der Waals surface area contributed by atoms with Gasteiger partial charge in [-0.25, -0.2) is 0 Å². The van der Waals surface area contributed by atoms with Gasteiger partial charge in [0.05, 0.1) is 22.7 Å². The van der Waals surface area contributed by atoms with Crippen LogP contribution in [0.25, 0.3) is 0 Å². The van der Waals surface area contributed by atoms with Gasteiger partial charge in [0.2, 0.25) is 0 Å². The lowest BCUT2D eigenvalue weighted by Crippen LogP contribution is -1.88. The number of nitrogens with zero attached hydrogens (tertiary/aromatic N) is 4. The standard InChI is InChI=1S/C24H19N5/c1-3-7-21(8-4-1)26-28-23-15-11-19(12-16-23)25-20-13-17-24(18-14-20)29-27-22-9-5-2-6-10-22/h1-18,25H. The molecule has 0 bridgehead atoms. The molecular formula is C24H19N5. The summed E-state index contributed by atoms with van der Waals surface area (Å²) in [5.74, 6) is 0. The van der Waals surface area contributed by atoms with Gasteiger partial charge in [0.15, 0.2) is 0 Å². The van der Waals surface area contributed by atoms with E-state index in [1.165, 1.54) is 0 Å². The molecule has 0 saturated carbocycles. The maximum absolute atomic E-state index is 4.26. The summed E-state index contributed by atoms with van der Waals surface area (Å²) in [4.78, 5) is 0. The highest BCUT2D eigenvalue weighted by Gasteiger charge is 1.97. The van der Waals surface area contributed by atoms with Crippen molar-refractivity contribution in [2.45, 2.75) is 0 Å². The van der Waals surface area contributed by atoms with Gasteiger partial charge in [0.25, 0.3) is 0 Å². The monoisotopic (exact) mass is 377 g/mol. The van der Waals surface area contributed by atoms with E-state index in [1.807, 2.05) is 109 Å². The molecule has 4 rings (SSSR count). The van der Waals surface area contributed by atoms with Crippen molar-refractivity contribution in [1.82, 2.24) is 0 Å². The molecule has 4 aromatic rings. The van der Waals surface area contributed by atoms with Crippen molar-refractivity contribution < 1.29 is 0 Å². The number of rotatable bonds is 6. The Bertz CT molecular complexity index is 997. The van der Waals surface area contributed by atoms with Crippen LogP contribution in [0.2, 0.25) is 0 Å². The predicted molar refractivity (Wildman–Crippen MR) is 117 cm³/mol. The van der Waals surface area contributed by atoms with Crippen molar-refractivity contribution in [2.24, 2.45) is 20.5 Å². The molecule has 4 aromatic carbocycles. The third-order valence-corrected chi connectivity index (χ3v) is 4.10.